The monoisotopic (exact) mass is 251 g/mol. The molecule has 1 aromatic heterocycles. The summed E-state index contributed by atoms with van der Waals surface area (Å²) in [6.45, 7) is 3.54. The first-order valence-corrected chi connectivity index (χ1v) is 6.72. The molecule has 1 N–H and O–H groups in total. The molecule has 0 aromatic carbocycles. The molecule has 3 rings (SSSR count). The average Bonchev–Trinajstić information content (AvgIpc) is 2.91. The van der Waals surface area contributed by atoms with Crippen molar-refractivity contribution >= 4 is 5.69 Å². The Morgan fingerprint density at radius 1 is 1.33 bits per heavy atom. The van der Waals surface area contributed by atoms with E-state index in [1.807, 2.05) is 24.9 Å². The second kappa shape index (κ2) is 4.55. The molecule has 2 aliphatic rings. The molecule has 1 saturated heterocycles. The van der Waals surface area contributed by atoms with Crippen molar-refractivity contribution in [3.8, 4) is 0 Å². The van der Waals surface area contributed by atoms with Gasteiger partial charge < -0.3 is 14.8 Å². The fraction of sp³-hybridized carbons (Fsp3) is 0.769. The fourth-order valence-corrected chi connectivity index (χ4v) is 2.95. The van der Waals surface area contributed by atoms with E-state index < -0.39 is 0 Å². The zero-order chi connectivity index (χ0) is 12.6. The number of rotatable bonds is 2. The highest BCUT2D eigenvalue weighted by atomic mass is 16.7. The number of aryl methyl sites for hydroxylation is 2. The van der Waals surface area contributed by atoms with Gasteiger partial charge in [0.1, 0.15) is 0 Å². The van der Waals surface area contributed by atoms with Crippen molar-refractivity contribution in [2.24, 2.45) is 7.05 Å². The Morgan fingerprint density at radius 3 is 2.56 bits per heavy atom. The van der Waals surface area contributed by atoms with Crippen LogP contribution >= 0.6 is 0 Å². The van der Waals surface area contributed by atoms with Crippen LogP contribution in [-0.4, -0.2) is 34.8 Å². The van der Waals surface area contributed by atoms with Crippen LogP contribution in [0.2, 0.25) is 0 Å². The van der Waals surface area contributed by atoms with Crippen molar-refractivity contribution < 1.29 is 9.47 Å². The van der Waals surface area contributed by atoms with Crippen LogP contribution < -0.4 is 5.32 Å². The second-order valence-electron chi connectivity index (χ2n) is 5.33. The Kier molecular flexibility index (Phi) is 3.03. The zero-order valence-electron chi connectivity index (χ0n) is 11.1. The van der Waals surface area contributed by atoms with E-state index in [0.29, 0.717) is 6.04 Å². The molecule has 1 aliphatic carbocycles. The molecule has 2 heterocycles. The molecule has 1 aromatic rings. The van der Waals surface area contributed by atoms with Gasteiger partial charge in [0, 0.05) is 32.1 Å². The molecule has 1 spiro atoms. The maximum absolute atomic E-state index is 5.74. The number of anilines is 1. The molecule has 0 unspecified atom stereocenters. The lowest BCUT2D eigenvalue weighted by molar-refractivity contribution is -0.177. The molecule has 1 aliphatic heterocycles. The minimum Gasteiger partial charge on any atom is -0.380 e. The summed E-state index contributed by atoms with van der Waals surface area (Å²) in [5.74, 6) is -0.262. The summed E-state index contributed by atoms with van der Waals surface area (Å²) in [7, 11) is 1.95. The summed E-state index contributed by atoms with van der Waals surface area (Å²) in [6.07, 6.45) is 6.21. The van der Waals surface area contributed by atoms with Crippen molar-refractivity contribution in [2.45, 2.75) is 44.4 Å². The van der Waals surface area contributed by atoms with Crippen LogP contribution in [0.25, 0.3) is 0 Å². The average molecular weight is 251 g/mol. The van der Waals surface area contributed by atoms with Gasteiger partial charge in [0.2, 0.25) is 0 Å². The summed E-state index contributed by atoms with van der Waals surface area (Å²) in [4.78, 5) is 0. The number of hydrogen-bond acceptors (Lipinski definition) is 4. The van der Waals surface area contributed by atoms with E-state index in [-0.39, 0.29) is 5.79 Å². The van der Waals surface area contributed by atoms with Crippen LogP contribution in [0.5, 0.6) is 0 Å². The summed E-state index contributed by atoms with van der Waals surface area (Å²) in [5, 5.41) is 7.93. The number of hydrogen-bond donors (Lipinski definition) is 1. The molecule has 0 atom stereocenters. The normalized spacial score (nSPS) is 23.7. The number of nitrogens with zero attached hydrogens (tertiary/aromatic N) is 2. The summed E-state index contributed by atoms with van der Waals surface area (Å²) < 4.78 is 13.3. The van der Waals surface area contributed by atoms with Gasteiger partial charge in [0.15, 0.2) is 5.79 Å². The quantitative estimate of drug-likeness (QED) is 0.871. The van der Waals surface area contributed by atoms with E-state index in [1.54, 1.807) is 0 Å². The van der Waals surface area contributed by atoms with Crippen LogP contribution in [-0.2, 0) is 16.5 Å². The van der Waals surface area contributed by atoms with E-state index in [1.165, 1.54) is 0 Å². The summed E-state index contributed by atoms with van der Waals surface area (Å²) in [5.41, 5.74) is 2.21. The highest BCUT2D eigenvalue weighted by Crippen LogP contribution is 2.36. The topological polar surface area (TPSA) is 48.3 Å². The maximum Gasteiger partial charge on any atom is 0.168 e. The minimum absolute atomic E-state index is 0.262. The molecule has 0 bridgehead atoms. The van der Waals surface area contributed by atoms with Crippen molar-refractivity contribution in [1.29, 1.82) is 0 Å². The van der Waals surface area contributed by atoms with Crippen molar-refractivity contribution in [1.82, 2.24) is 9.78 Å². The largest absolute Gasteiger partial charge is 0.380 e. The molecular weight excluding hydrogens is 230 g/mol. The van der Waals surface area contributed by atoms with E-state index in [4.69, 9.17) is 9.47 Å². The molecule has 5 heteroatoms. The van der Waals surface area contributed by atoms with Gasteiger partial charge in [-0.25, -0.2) is 0 Å². The Balaban J connectivity index is 1.58. The van der Waals surface area contributed by atoms with Gasteiger partial charge in [-0.2, -0.15) is 5.10 Å². The van der Waals surface area contributed by atoms with E-state index >= 15 is 0 Å². The first kappa shape index (κ1) is 12.0. The Bertz CT molecular complexity index is 414. The third-order valence-corrected chi connectivity index (χ3v) is 3.93. The lowest BCUT2D eigenvalue weighted by Gasteiger charge is -2.35. The van der Waals surface area contributed by atoms with Crippen molar-refractivity contribution in [3.63, 3.8) is 0 Å². The van der Waals surface area contributed by atoms with E-state index in [9.17, 15) is 0 Å². The van der Waals surface area contributed by atoms with Crippen LogP contribution in [0.4, 0.5) is 5.69 Å². The van der Waals surface area contributed by atoms with Gasteiger partial charge in [-0.15, -0.1) is 0 Å². The third-order valence-electron chi connectivity index (χ3n) is 3.93. The molecular formula is C13H21N3O2. The van der Waals surface area contributed by atoms with Gasteiger partial charge in [0.05, 0.1) is 24.6 Å². The van der Waals surface area contributed by atoms with E-state index in [2.05, 4.69) is 10.4 Å². The van der Waals surface area contributed by atoms with Crippen LogP contribution in [0, 0.1) is 6.92 Å². The Morgan fingerprint density at radius 2 is 2.00 bits per heavy atom. The van der Waals surface area contributed by atoms with Crippen LogP contribution in [0.3, 0.4) is 0 Å². The Hall–Kier alpha value is -1.07. The third kappa shape index (κ3) is 2.24. The highest BCUT2D eigenvalue weighted by Gasteiger charge is 2.40. The predicted molar refractivity (Wildman–Crippen MR) is 68.5 cm³/mol. The fourth-order valence-electron chi connectivity index (χ4n) is 2.95. The van der Waals surface area contributed by atoms with Crippen molar-refractivity contribution in [3.05, 3.63) is 11.9 Å². The van der Waals surface area contributed by atoms with Gasteiger partial charge in [0.25, 0.3) is 0 Å². The van der Waals surface area contributed by atoms with Gasteiger partial charge in [-0.3, -0.25) is 4.68 Å². The molecule has 0 amide bonds. The molecule has 18 heavy (non-hydrogen) atoms. The standard InChI is InChI=1S/C13H21N3O2/c1-10-12(9-16(2)15-10)14-11-3-5-13(6-4-11)17-7-8-18-13/h9,11,14H,3-8H2,1-2H3. The van der Waals surface area contributed by atoms with Crippen LogP contribution in [0.15, 0.2) is 6.20 Å². The Labute approximate surface area is 107 Å². The molecule has 5 nitrogen and oxygen atoms in total. The highest BCUT2D eigenvalue weighted by molar-refractivity contribution is 5.46. The zero-order valence-corrected chi connectivity index (χ0v) is 11.1. The smallest absolute Gasteiger partial charge is 0.168 e. The second-order valence-corrected chi connectivity index (χ2v) is 5.33. The summed E-state index contributed by atoms with van der Waals surface area (Å²) in [6, 6.07) is 0.506. The van der Waals surface area contributed by atoms with Gasteiger partial charge in [-0.05, 0) is 19.8 Å². The van der Waals surface area contributed by atoms with Gasteiger partial charge in [-0.1, -0.05) is 0 Å². The first-order valence-electron chi connectivity index (χ1n) is 6.72. The number of aromatic nitrogens is 2. The molecule has 100 valence electrons. The minimum atomic E-state index is -0.262. The number of ether oxygens (including phenoxy) is 2. The van der Waals surface area contributed by atoms with Crippen molar-refractivity contribution in [2.75, 3.05) is 18.5 Å². The first-order chi connectivity index (χ1) is 8.67. The van der Waals surface area contributed by atoms with Gasteiger partial charge >= 0.3 is 0 Å². The predicted octanol–water partition coefficient (Wildman–Crippen LogP) is 1.83. The SMILES string of the molecule is Cc1nn(C)cc1NC1CCC2(CC1)OCCO2. The molecule has 0 radical (unpaired) electrons. The number of nitrogens with one attached hydrogen (secondary N) is 1. The van der Waals surface area contributed by atoms with Crippen LogP contribution in [0.1, 0.15) is 31.4 Å². The molecule has 2 fully saturated rings. The lowest BCUT2D eigenvalue weighted by atomic mass is 9.90. The van der Waals surface area contributed by atoms with E-state index in [0.717, 1.165) is 50.3 Å². The summed E-state index contributed by atoms with van der Waals surface area (Å²) >= 11 is 0. The molecule has 1 saturated carbocycles. The lowest BCUT2D eigenvalue weighted by Crippen LogP contribution is -2.39. The maximum atomic E-state index is 5.74.